The second-order valence-corrected chi connectivity index (χ2v) is 7.60. The molecule has 0 atom stereocenters. The van der Waals surface area contributed by atoms with Crippen molar-refractivity contribution in [1.82, 2.24) is 19.7 Å². The zero-order chi connectivity index (χ0) is 19.5. The van der Waals surface area contributed by atoms with Gasteiger partial charge < -0.3 is 5.32 Å². The lowest BCUT2D eigenvalue weighted by Crippen LogP contribution is -2.30. The largest absolute Gasteiger partial charge is 0.308 e. The minimum absolute atomic E-state index is 0.0900. The zero-order valence-electron chi connectivity index (χ0n) is 16.1. The van der Waals surface area contributed by atoms with Crippen molar-refractivity contribution in [1.29, 1.82) is 0 Å². The lowest BCUT2D eigenvalue weighted by Gasteiger charge is -2.20. The van der Waals surface area contributed by atoms with Gasteiger partial charge in [0.2, 0.25) is 5.91 Å². The first-order valence-electron chi connectivity index (χ1n) is 9.90. The van der Waals surface area contributed by atoms with Gasteiger partial charge in [0.05, 0.1) is 10.9 Å². The van der Waals surface area contributed by atoms with E-state index in [1.54, 1.807) is 25.1 Å². The number of fused-ring (bicyclic) bond motifs is 1. The highest BCUT2D eigenvalue weighted by Gasteiger charge is 2.16. The molecule has 0 spiro atoms. The van der Waals surface area contributed by atoms with Crippen molar-refractivity contribution in [3.8, 4) is 0 Å². The summed E-state index contributed by atoms with van der Waals surface area (Å²) in [5, 5.41) is 10.5. The molecule has 7 nitrogen and oxygen atoms in total. The van der Waals surface area contributed by atoms with E-state index in [1.165, 1.54) is 36.7 Å². The number of carbonyl (C=O) groups excluding carboxylic acids is 1. The smallest absolute Gasteiger partial charge is 0.261 e. The number of carbonyl (C=O) groups is 1. The van der Waals surface area contributed by atoms with Crippen LogP contribution in [0, 0.1) is 12.8 Å². The Bertz CT molecular complexity index is 1050. The SMILES string of the molecule is Cc1nc2ccccc2c(=O)n1CC(=O)Nc1cc(CC2CCCCC2)[nH]n1. The quantitative estimate of drug-likeness (QED) is 0.712. The monoisotopic (exact) mass is 379 g/mol. The van der Waals surface area contributed by atoms with Gasteiger partial charge in [-0.15, -0.1) is 0 Å². The molecule has 0 unspecified atom stereocenters. The van der Waals surface area contributed by atoms with Gasteiger partial charge in [-0.1, -0.05) is 44.2 Å². The summed E-state index contributed by atoms with van der Waals surface area (Å²) in [4.78, 5) is 29.6. The average Bonchev–Trinajstić information content (AvgIpc) is 3.12. The molecule has 1 aliphatic rings. The van der Waals surface area contributed by atoms with Crippen LogP contribution in [-0.4, -0.2) is 25.7 Å². The minimum Gasteiger partial charge on any atom is -0.308 e. The number of hydrogen-bond acceptors (Lipinski definition) is 4. The van der Waals surface area contributed by atoms with Crippen molar-refractivity contribution < 1.29 is 4.79 Å². The van der Waals surface area contributed by atoms with Crippen LogP contribution in [0.2, 0.25) is 0 Å². The molecule has 4 rings (SSSR count). The van der Waals surface area contributed by atoms with Crippen LogP contribution in [0.25, 0.3) is 10.9 Å². The van der Waals surface area contributed by atoms with Crippen LogP contribution in [-0.2, 0) is 17.8 Å². The molecule has 0 aliphatic heterocycles. The Balaban J connectivity index is 1.44. The van der Waals surface area contributed by atoms with Gasteiger partial charge in [-0.25, -0.2) is 4.98 Å². The van der Waals surface area contributed by atoms with Gasteiger partial charge in [0.1, 0.15) is 12.4 Å². The third kappa shape index (κ3) is 3.98. The van der Waals surface area contributed by atoms with E-state index in [0.29, 0.717) is 28.5 Å². The highest BCUT2D eigenvalue weighted by Crippen LogP contribution is 2.26. The van der Waals surface area contributed by atoms with Crippen LogP contribution in [0.1, 0.15) is 43.6 Å². The number of hydrogen-bond donors (Lipinski definition) is 2. The average molecular weight is 379 g/mol. The Labute approximate surface area is 163 Å². The van der Waals surface area contributed by atoms with Gasteiger partial charge in [-0.3, -0.25) is 19.3 Å². The second-order valence-electron chi connectivity index (χ2n) is 7.60. The molecule has 146 valence electrons. The van der Waals surface area contributed by atoms with Gasteiger partial charge >= 0.3 is 0 Å². The molecule has 0 radical (unpaired) electrons. The highest BCUT2D eigenvalue weighted by atomic mass is 16.2. The number of rotatable bonds is 5. The maximum atomic E-state index is 12.7. The van der Waals surface area contributed by atoms with Crippen LogP contribution in [0.3, 0.4) is 0 Å². The molecular weight excluding hydrogens is 354 g/mol. The Morgan fingerprint density at radius 3 is 2.86 bits per heavy atom. The molecule has 1 amide bonds. The number of aryl methyl sites for hydroxylation is 1. The molecule has 0 saturated heterocycles. The zero-order valence-corrected chi connectivity index (χ0v) is 16.1. The first-order valence-corrected chi connectivity index (χ1v) is 9.90. The number of nitrogens with one attached hydrogen (secondary N) is 2. The van der Waals surface area contributed by atoms with Gasteiger partial charge in [0.25, 0.3) is 5.56 Å². The molecule has 28 heavy (non-hydrogen) atoms. The van der Waals surface area contributed by atoms with Gasteiger partial charge in [-0.2, -0.15) is 5.10 Å². The second kappa shape index (κ2) is 7.96. The third-order valence-corrected chi connectivity index (χ3v) is 5.49. The molecule has 1 saturated carbocycles. The van der Waals surface area contributed by atoms with Crippen molar-refractivity contribution in [3.05, 3.63) is 52.2 Å². The molecule has 7 heteroatoms. The van der Waals surface area contributed by atoms with Gasteiger partial charge in [0.15, 0.2) is 5.82 Å². The Morgan fingerprint density at radius 2 is 2.04 bits per heavy atom. The Kier molecular flexibility index (Phi) is 5.23. The molecule has 1 aliphatic carbocycles. The number of aromatic amines is 1. The minimum atomic E-state index is -0.294. The van der Waals surface area contributed by atoms with Crippen LogP contribution >= 0.6 is 0 Å². The maximum absolute atomic E-state index is 12.7. The lowest BCUT2D eigenvalue weighted by atomic mass is 9.86. The van der Waals surface area contributed by atoms with E-state index in [2.05, 4.69) is 20.5 Å². The lowest BCUT2D eigenvalue weighted by molar-refractivity contribution is -0.116. The molecule has 2 aromatic heterocycles. The van der Waals surface area contributed by atoms with Crippen molar-refractivity contribution in [2.45, 2.75) is 52.0 Å². The summed E-state index contributed by atoms with van der Waals surface area (Å²) in [6.07, 6.45) is 7.43. The number of aromatic nitrogens is 4. The van der Waals surface area contributed by atoms with Gasteiger partial charge in [-0.05, 0) is 31.4 Å². The van der Waals surface area contributed by atoms with Crippen LogP contribution in [0.4, 0.5) is 5.82 Å². The third-order valence-electron chi connectivity index (χ3n) is 5.49. The Morgan fingerprint density at radius 1 is 1.25 bits per heavy atom. The summed E-state index contributed by atoms with van der Waals surface area (Å²) in [6, 6.07) is 9.05. The predicted molar refractivity (Wildman–Crippen MR) is 108 cm³/mol. The van der Waals surface area contributed by atoms with Crippen LogP contribution in [0.15, 0.2) is 35.1 Å². The van der Waals surface area contributed by atoms with Crippen LogP contribution < -0.4 is 10.9 Å². The summed E-state index contributed by atoms with van der Waals surface area (Å²) >= 11 is 0. The summed E-state index contributed by atoms with van der Waals surface area (Å²) < 4.78 is 1.40. The van der Waals surface area contributed by atoms with E-state index in [1.807, 2.05) is 12.1 Å². The number of benzene rings is 1. The van der Waals surface area contributed by atoms with Crippen molar-refractivity contribution in [2.75, 3.05) is 5.32 Å². The number of anilines is 1. The summed E-state index contributed by atoms with van der Waals surface area (Å²) in [5.74, 6) is 1.41. The fourth-order valence-corrected chi connectivity index (χ4v) is 4.02. The molecule has 1 fully saturated rings. The van der Waals surface area contributed by atoms with Gasteiger partial charge in [0, 0.05) is 11.8 Å². The topological polar surface area (TPSA) is 92.7 Å². The summed E-state index contributed by atoms with van der Waals surface area (Å²) in [7, 11) is 0. The van der Waals surface area contributed by atoms with E-state index < -0.39 is 0 Å². The number of nitrogens with zero attached hydrogens (tertiary/aromatic N) is 3. The van der Waals surface area contributed by atoms with E-state index in [-0.39, 0.29) is 18.0 Å². The van der Waals surface area contributed by atoms with E-state index in [4.69, 9.17) is 0 Å². The molecule has 0 bridgehead atoms. The predicted octanol–water partition coefficient (Wildman–Crippen LogP) is 3.19. The molecule has 2 heterocycles. The number of para-hydroxylation sites is 1. The molecule has 3 aromatic rings. The van der Waals surface area contributed by atoms with E-state index >= 15 is 0 Å². The fraction of sp³-hybridized carbons (Fsp3) is 0.429. The van der Waals surface area contributed by atoms with E-state index in [0.717, 1.165) is 12.1 Å². The normalized spacial score (nSPS) is 15.0. The van der Waals surface area contributed by atoms with Crippen molar-refractivity contribution in [3.63, 3.8) is 0 Å². The number of amides is 1. The molecule has 1 aromatic carbocycles. The standard InChI is InChI=1S/C21H25N5O2/c1-14-22-18-10-6-5-9-17(18)21(28)26(14)13-20(27)23-19-12-16(24-25-19)11-15-7-3-2-4-8-15/h5-6,9-10,12,15H,2-4,7-8,11,13H2,1H3,(H2,23,24,25,27). The highest BCUT2D eigenvalue weighted by molar-refractivity contribution is 5.90. The van der Waals surface area contributed by atoms with Crippen LogP contribution in [0.5, 0.6) is 0 Å². The maximum Gasteiger partial charge on any atom is 0.261 e. The first-order chi connectivity index (χ1) is 13.6. The summed E-state index contributed by atoms with van der Waals surface area (Å²) in [6.45, 7) is 1.64. The molecule has 2 N–H and O–H groups in total. The first kappa shape index (κ1) is 18.4. The molecular formula is C21H25N5O2. The van der Waals surface area contributed by atoms with E-state index in [9.17, 15) is 9.59 Å². The van der Waals surface area contributed by atoms with Crippen molar-refractivity contribution >= 4 is 22.6 Å². The summed E-state index contributed by atoms with van der Waals surface area (Å²) in [5.41, 5.74) is 1.47. The Hall–Kier alpha value is -2.96. The van der Waals surface area contributed by atoms with Crippen molar-refractivity contribution in [2.24, 2.45) is 5.92 Å². The fourth-order valence-electron chi connectivity index (χ4n) is 4.02. The number of H-pyrrole nitrogens is 1.